The van der Waals surface area contributed by atoms with Crippen molar-refractivity contribution in [3.05, 3.63) is 188 Å². The van der Waals surface area contributed by atoms with Crippen LogP contribution in [-0.4, -0.2) is 13.7 Å². The third-order valence-electron chi connectivity index (χ3n) is 11.5. The van der Waals surface area contributed by atoms with Gasteiger partial charge in [0.05, 0.1) is 33.1 Å². The third-order valence-corrected chi connectivity index (χ3v) is 11.5. The highest BCUT2D eigenvalue weighted by atomic mass is 15.0. The molecule has 11 rings (SSSR count). The van der Waals surface area contributed by atoms with E-state index in [0.717, 1.165) is 12.8 Å². The quantitative estimate of drug-likeness (QED) is 0.175. The monoisotopic (exact) mass is 691 g/mol. The molecule has 256 valence electrons. The van der Waals surface area contributed by atoms with E-state index in [1.807, 2.05) is 0 Å². The summed E-state index contributed by atoms with van der Waals surface area (Å²) in [6.45, 7) is 2.32. The number of allylic oxidation sites excluding steroid dienone is 6. The van der Waals surface area contributed by atoms with E-state index in [9.17, 15) is 0 Å². The Balaban J connectivity index is 1.11. The Morgan fingerprint density at radius 3 is 1.44 bits per heavy atom. The van der Waals surface area contributed by atoms with Crippen LogP contribution in [0, 0.1) is 0 Å². The van der Waals surface area contributed by atoms with E-state index in [-0.39, 0.29) is 0 Å². The molecule has 3 nitrogen and oxygen atoms in total. The van der Waals surface area contributed by atoms with E-state index in [2.05, 4.69) is 203 Å². The Labute approximate surface area is 313 Å². The molecule has 0 bridgehead atoms. The smallest absolute Gasteiger partial charge is 0.0547 e. The van der Waals surface area contributed by atoms with Crippen LogP contribution in [0.3, 0.4) is 0 Å². The number of para-hydroxylation sites is 5. The number of hydrogen-bond acceptors (Lipinski definition) is 0. The summed E-state index contributed by atoms with van der Waals surface area (Å²) in [5.74, 6) is 0. The van der Waals surface area contributed by atoms with Crippen molar-refractivity contribution in [1.29, 1.82) is 0 Å². The van der Waals surface area contributed by atoms with E-state index in [0.29, 0.717) is 0 Å². The molecule has 0 saturated heterocycles. The summed E-state index contributed by atoms with van der Waals surface area (Å²) in [6.07, 6.45) is 8.82. The Bertz CT molecular complexity index is 3160. The minimum absolute atomic E-state index is 0.943. The van der Waals surface area contributed by atoms with Gasteiger partial charge in [0.1, 0.15) is 0 Å². The molecular formula is C51H37N3. The van der Waals surface area contributed by atoms with Crippen molar-refractivity contribution in [2.24, 2.45) is 0 Å². The van der Waals surface area contributed by atoms with Gasteiger partial charge in [0, 0.05) is 49.4 Å². The third kappa shape index (κ3) is 4.48. The molecule has 0 saturated carbocycles. The predicted molar refractivity (Wildman–Crippen MR) is 230 cm³/mol. The summed E-state index contributed by atoms with van der Waals surface area (Å²) in [5.41, 5.74) is 15.0. The molecule has 7 aromatic carbocycles. The summed E-state index contributed by atoms with van der Waals surface area (Å²) in [7, 11) is 0. The van der Waals surface area contributed by atoms with Gasteiger partial charge in [-0.15, -0.1) is 0 Å². The molecule has 0 fully saturated rings. The van der Waals surface area contributed by atoms with Gasteiger partial charge in [-0.3, -0.25) is 0 Å². The second-order valence-electron chi connectivity index (χ2n) is 14.5. The number of fused-ring (bicyclic) bond motifs is 9. The fourth-order valence-electron chi connectivity index (χ4n) is 9.21. The van der Waals surface area contributed by atoms with Gasteiger partial charge in [0.25, 0.3) is 0 Å². The highest BCUT2D eigenvalue weighted by molar-refractivity contribution is 6.22. The molecule has 54 heavy (non-hydrogen) atoms. The lowest BCUT2D eigenvalue weighted by Gasteiger charge is -2.18. The maximum absolute atomic E-state index is 2.51. The van der Waals surface area contributed by atoms with E-state index in [1.165, 1.54) is 99.2 Å². The van der Waals surface area contributed by atoms with Gasteiger partial charge in [-0.1, -0.05) is 121 Å². The molecule has 3 heterocycles. The second-order valence-corrected chi connectivity index (χ2v) is 14.5. The van der Waals surface area contributed by atoms with Crippen molar-refractivity contribution < 1.29 is 0 Å². The van der Waals surface area contributed by atoms with Crippen LogP contribution < -0.4 is 0 Å². The number of nitrogens with zero attached hydrogens (tertiary/aromatic N) is 3. The van der Waals surface area contributed by atoms with Gasteiger partial charge >= 0.3 is 0 Å². The fourth-order valence-corrected chi connectivity index (χ4v) is 9.21. The first-order chi connectivity index (χ1) is 26.8. The lowest BCUT2D eigenvalue weighted by molar-refractivity contribution is 0.934. The van der Waals surface area contributed by atoms with Gasteiger partial charge < -0.3 is 13.7 Å². The number of aromatic nitrogens is 3. The molecular weight excluding hydrogens is 655 g/mol. The molecule has 0 radical (unpaired) electrons. The van der Waals surface area contributed by atoms with Crippen LogP contribution in [0.15, 0.2) is 188 Å². The molecule has 0 spiro atoms. The predicted octanol–water partition coefficient (Wildman–Crippen LogP) is 13.8. The largest absolute Gasteiger partial charge is 0.313 e. The summed E-state index contributed by atoms with van der Waals surface area (Å²) < 4.78 is 7.38. The van der Waals surface area contributed by atoms with Gasteiger partial charge in [0.15, 0.2) is 0 Å². The van der Waals surface area contributed by atoms with E-state index < -0.39 is 0 Å². The van der Waals surface area contributed by atoms with Crippen molar-refractivity contribution in [2.75, 3.05) is 0 Å². The molecule has 0 atom stereocenters. The van der Waals surface area contributed by atoms with Crippen molar-refractivity contribution in [2.45, 2.75) is 19.8 Å². The van der Waals surface area contributed by atoms with Crippen LogP contribution in [0.4, 0.5) is 0 Å². The topological polar surface area (TPSA) is 14.8 Å². The van der Waals surface area contributed by atoms with Crippen molar-refractivity contribution in [3.63, 3.8) is 0 Å². The van der Waals surface area contributed by atoms with Crippen LogP contribution in [0.25, 0.3) is 93.6 Å². The van der Waals surface area contributed by atoms with E-state index >= 15 is 0 Å². The van der Waals surface area contributed by atoms with Crippen LogP contribution >= 0.6 is 0 Å². The van der Waals surface area contributed by atoms with Gasteiger partial charge in [-0.25, -0.2) is 0 Å². The Kier molecular flexibility index (Phi) is 6.90. The Morgan fingerprint density at radius 1 is 0.389 bits per heavy atom. The zero-order valence-electron chi connectivity index (χ0n) is 30.1. The van der Waals surface area contributed by atoms with Crippen molar-refractivity contribution >= 4 is 76.8 Å². The van der Waals surface area contributed by atoms with Gasteiger partial charge in [-0.2, -0.15) is 0 Å². The second kappa shape index (κ2) is 12.1. The average molecular weight is 692 g/mol. The molecule has 0 N–H and O–H groups in total. The van der Waals surface area contributed by atoms with Crippen molar-refractivity contribution in [3.8, 4) is 16.8 Å². The molecule has 1 aliphatic carbocycles. The number of rotatable bonds is 4. The number of hydrogen-bond donors (Lipinski definition) is 0. The molecule has 0 unspecified atom stereocenters. The molecule has 3 aromatic heterocycles. The number of benzene rings is 7. The molecule has 0 aliphatic heterocycles. The fraction of sp³-hybridized carbons (Fsp3) is 0.0588. The van der Waals surface area contributed by atoms with Crippen LogP contribution in [-0.2, 0) is 0 Å². The highest BCUT2D eigenvalue weighted by Gasteiger charge is 2.22. The molecule has 0 amide bonds. The normalized spacial score (nSPS) is 13.8. The average Bonchev–Trinajstić information content (AvgIpc) is 3.86. The minimum atomic E-state index is 0.943. The van der Waals surface area contributed by atoms with Crippen molar-refractivity contribution in [1.82, 2.24) is 13.7 Å². The summed E-state index contributed by atoms with van der Waals surface area (Å²) in [4.78, 5) is 0. The van der Waals surface area contributed by atoms with Crippen LogP contribution in [0.5, 0.6) is 0 Å². The first-order valence-corrected chi connectivity index (χ1v) is 18.9. The summed E-state index contributed by atoms with van der Waals surface area (Å²) in [5, 5.41) is 7.70. The maximum atomic E-state index is 2.51. The first-order valence-electron chi connectivity index (χ1n) is 18.9. The maximum Gasteiger partial charge on any atom is 0.0547 e. The summed E-state index contributed by atoms with van der Waals surface area (Å²) >= 11 is 0. The summed E-state index contributed by atoms with van der Waals surface area (Å²) in [6, 6.07) is 59.8. The Morgan fingerprint density at radius 2 is 0.852 bits per heavy atom. The lowest BCUT2D eigenvalue weighted by Crippen LogP contribution is -2.03. The molecule has 10 aromatic rings. The lowest BCUT2D eigenvalue weighted by atomic mass is 9.95. The standard InChI is InChI=1S/C51H37N3/c1-34-32-33-36(52-44-25-9-5-19-37(44)38-20-6-10-26-45(38)52)18-13-29-43(34)54-47-28-12-8-22-42(47)51-40(24-15-31-49(51)54)39-23-14-30-48-50(39)41-21-7-11-27-46(41)53(48)35-16-3-2-4-17-35/h2-31H,32-33H2,1H3. The van der Waals surface area contributed by atoms with Gasteiger partial charge in [-0.05, 0) is 97.1 Å². The van der Waals surface area contributed by atoms with E-state index in [4.69, 9.17) is 0 Å². The zero-order chi connectivity index (χ0) is 35.8. The first kappa shape index (κ1) is 30.8. The Hall–Kier alpha value is -6.84. The van der Waals surface area contributed by atoms with Gasteiger partial charge in [0.2, 0.25) is 0 Å². The van der Waals surface area contributed by atoms with E-state index in [1.54, 1.807) is 0 Å². The van der Waals surface area contributed by atoms with Crippen LogP contribution in [0.1, 0.15) is 19.8 Å². The van der Waals surface area contributed by atoms with Crippen LogP contribution in [0.2, 0.25) is 0 Å². The SMILES string of the molecule is CC1=C(n2c3ccccc3c3c(-c4cccc5c4c4ccccc4n5-c4ccccc4)cccc32)C=CC=C(n2c3ccccc3c3ccccc32)CC1. The zero-order valence-corrected chi connectivity index (χ0v) is 30.1. The minimum Gasteiger partial charge on any atom is -0.313 e. The molecule has 3 heteroatoms. The highest BCUT2D eigenvalue weighted by Crippen LogP contribution is 2.44. The molecule has 1 aliphatic rings.